The second-order valence-electron chi connectivity index (χ2n) is 5.73. The third kappa shape index (κ3) is 8.11. The molecule has 0 amide bonds. The fourth-order valence-electron chi connectivity index (χ4n) is 1.63. The van der Waals surface area contributed by atoms with Crippen molar-refractivity contribution < 1.29 is 0 Å². The van der Waals surface area contributed by atoms with Gasteiger partial charge >= 0.3 is 0 Å². The molecular formula is C21H29N. The van der Waals surface area contributed by atoms with E-state index in [4.69, 9.17) is 0 Å². The zero-order chi connectivity index (χ0) is 17.3. The first-order chi connectivity index (χ1) is 10.1. The van der Waals surface area contributed by atoms with Crippen molar-refractivity contribution >= 4 is 0 Å². The molecule has 1 nitrogen and oxygen atoms in total. The van der Waals surface area contributed by atoms with Crippen molar-refractivity contribution in [3.8, 4) is 0 Å². The first kappa shape index (κ1) is 19.7. The SMILES string of the molecule is C=C(C)C=CC(=C)N(C(=C)C=CC(=C)C)C(C)=CC=C(C)C. The predicted octanol–water partition coefficient (Wildman–Crippen LogP) is 6.45. The second-order valence-corrected chi connectivity index (χ2v) is 5.73. The van der Waals surface area contributed by atoms with Gasteiger partial charge in [-0.25, -0.2) is 0 Å². The van der Waals surface area contributed by atoms with Gasteiger partial charge in [0.25, 0.3) is 0 Å². The van der Waals surface area contributed by atoms with Gasteiger partial charge < -0.3 is 4.90 Å². The fraction of sp³-hybridized carbons (Fsp3) is 0.238. The van der Waals surface area contributed by atoms with Crippen molar-refractivity contribution in [3.63, 3.8) is 0 Å². The van der Waals surface area contributed by atoms with Crippen LogP contribution in [0.2, 0.25) is 0 Å². The Morgan fingerprint density at radius 1 is 0.636 bits per heavy atom. The number of hydrogen-bond acceptors (Lipinski definition) is 1. The van der Waals surface area contributed by atoms with Crippen LogP contribution in [0.5, 0.6) is 0 Å². The molecule has 0 aliphatic rings. The average Bonchev–Trinajstić information content (AvgIpc) is 2.40. The molecule has 0 unspecified atom stereocenters. The third-order valence-electron chi connectivity index (χ3n) is 2.71. The highest BCUT2D eigenvalue weighted by atomic mass is 15.1. The first-order valence-electron chi connectivity index (χ1n) is 7.32. The molecule has 0 N–H and O–H groups in total. The van der Waals surface area contributed by atoms with Gasteiger partial charge in [0.1, 0.15) is 0 Å². The standard InChI is InChI=1S/C21H29N/c1-16(2)10-13-19(7)22(20(8)14-11-17(3)4)21(9)15-12-18(5)6/h10-15H,1,3,7-8H2,2,4-6,9H3. The number of hydrogen-bond donors (Lipinski definition) is 0. The van der Waals surface area contributed by atoms with E-state index in [1.807, 2.05) is 50.0 Å². The van der Waals surface area contributed by atoms with Crippen molar-refractivity contribution in [2.24, 2.45) is 0 Å². The zero-order valence-electron chi connectivity index (χ0n) is 14.7. The second kappa shape index (κ2) is 9.62. The molecule has 0 aromatic rings. The Balaban J connectivity index is 5.57. The van der Waals surface area contributed by atoms with E-state index in [1.165, 1.54) is 5.57 Å². The molecule has 0 radical (unpaired) electrons. The Bertz CT molecular complexity index is 537. The smallest absolute Gasteiger partial charge is 0.0386 e. The quantitative estimate of drug-likeness (QED) is 0.465. The molecular weight excluding hydrogens is 266 g/mol. The lowest BCUT2D eigenvalue weighted by Gasteiger charge is -2.26. The molecule has 1 heteroatoms. The highest BCUT2D eigenvalue weighted by molar-refractivity contribution is 5.35. The summed E-state index contributed by atoms with van der Waals surface area (Å²) < 4.78 is 0. The Morgan fingerprint density at radius 2 is 1.05 bits per heavy atom. The van der Waals surface area contributed by atoms with Crippen LogP contribution in [0.3, 0.4) is 0 Å². The Kier molecular flexibility index (Phi) is 8.62. The number of allylic oxidation sites excluding steroid dienone is 10. The van der Waals surface area contributed by atoms with Crippen molar-refractivity contribution in [1.82, 2.24) is 4.90 Å². The summed E-state index contributed by atoms with van der Waals surface area (Å²) in [5.74, 6) is 0. The normalized spacial score (nSPS) is 11.6. The molecule has 0 spiro atoms. The summed E-state index contributed by atoms with van der Waals surface area (Å²) in [7, 11) is 0. The van der Waals surface area contributed by atoms with E-state index < -0.39 is 0 Å². The van der Waals surface area contributed by atoms with E-state index in [9.17, 15) is 0 Å². The summed E-state index contributed by atoms with van der Waals surface area (Å²) in [6.07, 6.45) is 11.9. The Morgan fingerprint density at radius 3 is 1.36 bits per heavy atom. The molecule has 0 saturated heterocycles. The number of nitrogens with zero attached hydrogens (tertiary/aromatic N) is 1. The highest BCUT2D eigenvalue weighted by Crippen LogP contribution is 2.21. The Labute approximate surface area is 136 Å². The highest BCUT2D eigenvalue weighted by Gasteiger charge is 2.09. The summed E-state index contributed by atoms with van der Waals surface area (Å²) >= 11 is 0. The monoisotopic (exact) mass is 295 g/mol. The maximum atomic E-state index is 4.14. The molecule has 0 atom stereocenters. The third-order valence-corrected chi connectivity index (χ3v) is 2.71. The molecule has 0 heterocycles. The van der Waals surface area contributed by atoms with Crippen LogP contribution in [-0.2, 0) is 0 Å². The van der Waals surface area contributed by atoms with E-state index in [1.54, 1.807) is 0 Å². The summed E-state index contributed by atoms with van der Waals surface area (Å²) in [4.78, 5) is 2.01. The lowest BCUT2D eigenvalue weighted by Crippen LogP contribution is -2.17. The zero-order valence-corrected chi connectivity index (χ0v) is 14.7. The summed E-state index contributed by atoms with van der Waals surface area (Å²) in [6.45, 7) is 26.1. The van der Waals surface area contributed by atoms with Gasteiger partial charge in [0, 0.05) is 17.1 Å². The molecule has 0 fully saturated rings. The van der Waals surface area contributed by atoms with Crippen LogP contribution in [-0.4, -0.2) is 4.90 Å². The minimum Gasteiger partial charge on any atom is -0.316 e. The topological polar surface area (TPSA) is 3.24 Å². The van der Waals surface area contributed by atoms with Crippen LogP contribution in [0, 0.1) is 0 Å². The van der Waals surface area contributed by atoms with Crippen LogP contribution in [0.25, 0.3) is 0 Å². The summed E-state index contributed by atoms with van der Waals surface area (Å²) in [5, 5.41) is 0. The molecule has 0 aromatic carbocycles. The van der Waals surface area contributed by atoms with Gasteiger partial charge in [0.15, 0.2) is 0 Å². The van der Waals surface area contributed by atoms with Gasteiger partial charge in [0.2, 0.25) is 0 Å². The minimum atomic E-state index is 0.843. The molecule has 0 bridgehead atoms. The van der Waals surface area contributed by atoms with Gasteiger partial charge in [-0.15, -0.1) is 0 Å². The van der Waals surface area contributed by atoms with E-state index in [2.05, 4.69) is 52.3 Å². The van der Waals surface area contributed by atoms with Crippen LogP contribution in [0.4, 0.5) is 0 Å². The van der Waals surface area contributed by atoms with Gasteiger partial charge in [-0.1, -0.05) is 61.3 Å². The molecule has 0 saturated carbocycles. The maximum absolute atomic E-state index is 4.14. The van der Waals surface area contributed by atoms with Crippen LogP contribution >= 0.6 is 0 Å². The predicted molar refractivity (Wildman–Crippen MR) is 101 cm³/mol. The van der Waals surface area contributed by atoms with Gasteiger partial charge in [-0.3, -0.25) is 0 Å². The number of rotatable bonds is 8. The fourth-order valence-corrected chi connectivity index (χ4v) is 1.63. The van der Waals surface area contributed by atoms with Crippen LogP contribution in [0.1, 0.15) is 34.6 Å². The lowest BCUT2D eigenvalue weighted by atomic mass is 10.2. The lowest BCUT2D eigenvalue weighted by molar-refractivity contribution is 0.565. The van der Waals surface area contributed by atoms with E-state index in [0.29, 0.717) is 0 Å². The van der Waals surface area contributed by atoms with E-state index in [-0.39, 0.29) is 0 Å². The van der Waals surface area contributed by atoms with Crippen molar-refractivity contribution in [2.45, 2.75) is 34.6 Å². The van der Waals surface area contributed by atoms with Crippen molar-refractivity contribution in [1.29, 1.82) is 0 Å². The molecule has 0 aliphatic carbocycles. The Hall–Kier alpha value is -2.28. The minimum absolute atomic E-state index is 0.843. The average molecular weight is 295 g/mol. The summed E-state index contributed by atoms with van der Waals surface area (Å²) in [6, 6.07) is 0. The van der Waals surface area contributed by atoms with Gasteiger partial charge in [-0.05, 0) is 52.8 Å². The molecule has 0 aliphatic heterocycles. The van der Waals surface area contributed by atoms with Crippen molar-refractivity contribution in [3.05, 3.63) is 96.6 Å². The first-order valence-corrected chi connectivity index (χ1v) is 7.32. The molecule has 0 rings (SSSR count). The van der Waals surface area contributed by atoms with E-state index >= 15 is 0 Å². The van der Waals surface area contributed by atoms with E-state index in [0.717, 1.165) is 28.2 Å². The van der Waals surface area contributed by atoms with Crippen molar-refractivity contribution in [2.75, 3.05) is 0 Å². The summed E-state index contributed by atoms with van der Waals surface area (Å²) in [5.41, 5.74) is 5.94. The van der Waals surface area contributed by atoms with Crippen LogP contribution in [0.15, 0.2) is 96.6 Å². The maximum Gasteiger partial charge on any atom is 0.0386 e. The van der Waals surface area contributed by atoms with Crippen LogP contribution < -0.4 is 0 Å². The molecule has 22 heavy (non-hydrogen) atoms. The molecule has 118 valence electrons. The van der Waals surface area contributed by atoms with Gasteiger partial charge in [0.05, 0.1) is 0 Å². The molecule has 0 aromatic heterocycles. The van der Waals surface area contributed by atoms with Gasteiger partial charge in [-0.2, -0.15) is 0 Å². The largest absolute Gasteiger partial charge is 0.316 e.